The summed E-state index contributed by atoms with van der Waals surface area (Å²) in [5.74, 6) is -0.618. The van der Waals surface area contributed by atoms with E-state index in [1.807, 2.05) is 17.5 Å². The second-order valence-electron chi connectivity index (χ2n) is 3.84. The summed E-state index contributed by atoms with van der Waals surface area (Å²) in [6.45, 7) is 0.417. The molecule has 0 aliphatic heterocycles. The fraction of sp³-hybridized carbons (Fsp3) is 0.0769. The number of fused-ring (bicyclic) bond motifs is 1. The van der Waals surface area contributed by atoms with Gasteiger partial charge in [0, 0.05) is 4.88 Å². The maximum atomic E-state index is 11.8. The Balaban J connectivity index is 2.28. The lowest BCUT2D eigenvalue weighted by Crippen LogP contribution is -2.25. The molecular formula is C13H9NO3S. The highest BCUT2D eigenvalue weighted by Gasteiger charge is 2.09. The number of benzene rings is 1. The number of rotatable bonds is 2. The Morgan fingerprint density at radius 2 is 1.94 bits per heavy atom. The summed E-state index contributed by atoms with van der Waals surface area (Å²) in [5.41, 5.74) is 0.0187. The number of aromatic nitrogens is 1. The second-order valence-corrected chi connectivity index (χ2v) is 4.87. The van der Waals surface area contributed by atoms with Crippen LogP contribution in [0.25, 0.3) is 10.9 Å². The lowest BCUT2D eigenvalue weighted by atomic mass is 10.2. The molecule has 1 aromatic carbocycles. The summed E-state index contributed by atoms with van der Waals surface area (Å²) in [7, 11) is 0. The monoisotopic (exact) mass is 259 g/mol. The van der Waals surface area contributed by atoms with E-state index in [4.69, 9.17) is 4.42 Å². The number of hydrogen-bond donors (Lipinski definition) is 0. The van der Waals surface area contributed by atoms with Gasteiger partial charge in [-0.15, -0.1) is 11.3 Å². The zero-order chi connectivity index (χ0) is 12.5. The Kier molecular flexibility index (Phi) is 2.60. The lowest BCUT2D eigenvalue weighted by Gasteiger charge is -2.06. The molecule has 0 atom stereocenters. The predicted octanol–water partition coefficient (Wildman–Crippen LogP) is 2.06. The fourth-order valence-corrected chi connectivity index (χ4v) is 2.57. The molecule has 3 rings (SSSR count). The quantitative estimate of drug-likeness (QED) is 0.708. The molecule has 5 heteroatoms. The van der Waals surface area contributed by atoms with Crippen LogP contribution in [0.4, 0.5) is 0 Å². The molecule has 0 aliphatic rings. The lowest BCUT2D eigenvalue weighted by molar-refractivity contribution is 0.425. The zero-order valence-corrected chi connectivity index (χ0v) is 10.1. The maximum absolute atomic E-state index is 11.8. The molecule has 3 aromatic rings. The number of nitrogens with zero attached hydrogens (tertiary/aromatic N) is 1. The maximum Gasteiger partial charge on any atom is 0.422 e. The topological polar surface area (TPSA) is 52.2 Å². The summed E-state index contributed by atoms with van der Waals surface area (Å²) in [6, 6.07) is 10.8. The number of para-hydroxylation sites is 1. The van der Waals surface area contributed by atoms with Gasteiger partial charge in [0.1, 0.15) is 0 Å². The van der Waals surface area contributed by atoms with Gasteiger partial charge in [-0.05, 0) is 23.6 Å². The fourth-order valence-electron chi connectivity index (χ4n) is 1.88. The van der Waals surface area contributed by atoms with Gasteiger partial charge >= 0.3 is 11.4 Å². The average molecular weight is 259 g/mol. The van der Waals surface area contributed by atoms with Crippen LogP contribution in [-0.2, 0) is 6.54 Å². The van der Waals surface area contributed by atoms with E-state index in [2.05, 4.69) is 0 Å². The van der Waals surface area contributed by atoms with Crippen molar-refractivity contribution < 1.29 is 4.42 Å². The van der Waals surface area contributed by atoms with E-state index in [0.29, 0.717) is 17.4 Å². The number of thiophene rings is 1. The van der Waals surface area contributed by atoms with Crippen molar-refractivity contribution in [3.8, 4) is 0 Å². The summed E-state index contributed by atoms with van der Waals surface area (Å²) in [6.07, 6.45) is 0. The molecule has 90 valence electrons. The molecule has 0 aliphatic carbocycles. The van der Waals surface area contributed by atoms with E-state index in [1.165, 1.54) is 4.57 Å². The minimum Gasteiger partial charge on any atom is -0.372 e. The minimum atomic E-state index is -0.618. The first kappa shape index (κ1) is 11.0. The van der Waals surface area contributed by atoms with E-state index >= 15 is 0 Å². The Morgan fingerprint density at radius 1 is 1.11 bits per heavy atom. The highest BCUT2D eigenvalue weighted by Crippen LogP contribution is 2.13. The average Bonchev–Trinajstić information content (AvgIpc) is 2.87. The largest absolute Gasteiger partial charge is 0.422 e. The van der Waals surface area contributed by atoms with Gasteiger partial charge in [-0.25, -0.2) is 9.59 Å². The molecule has 0 saturated heterocycles. The van der Waals surface area contributed by atoms with Crippen molar-refractivity contribution in [3.63, 3.8) is 0 Å². The van der Waals surface area contributed by atoms with E-state index < -0.39 is 11.4 Å². The Morgan fingerprint density at radius 3 is 2.72 bits per heavy atom. The molecule has 2 aromatic heterocycles. The third kappa shape index (κ3) is 1.78. The van der Waals surface area contributed by atoms with Crippen LogP contribution >= 0.6 is 11.3 Å². The minimum absolute atomic E-state index is 0.417. The molecule has 18 heavy (non-hydrogen) atoms. The van der Waals surface area contributed by atoms with Gasteiger partial charge in [0.2, 0.25) is 0 Å². The van der Waals surface area contributed by atoms with Gasteiger partial charge in [-0.3, -0.25) is 4.57 Å². The van der Waals surface area contributed by atoms with Crippen LogP contribution in [0, 0.1) is 0 Å². The van der Waals surface area contributed by atoms with Crippen LogP contribution in [0.5, 0.6) is 0 Å². The molecule has 4 nitrogen and oxygen atoms in total. The third-order valence-corrected chi connectivity index (χ3v) is 3.57. The van der Waals surface area contributed by atoms with Crippen LogP contribution in [-0.4, -0.2) is 4.57 Å². The van der Waals surface area contributed by atoms with Crippen LogP contribution in [0.15, 0.2) is 55.8 Å². The first-order valence-electron chi connectivity index (χ1n) is 5.41. The van der Waals surface area contributed by atoms with Gasteiger partial charge in [-0.1, -0.05) is 18.2 Å². The SMILES string of the molecule is O=c1oc(=O)n(Cc2cccs2)c2ccccc12. The smallest absolute Gasteiger partial charge is 0.372 e. The molecule has 0 fully saturated rings. The Labute approximate surface area is 106 Å². The highest BCUT2D eigenvalue weighted by atomic mass is 32.1. The Hall–Kier alpha value is -2.14. The molecule has 2 heterocycles. The van der Waals surface area contributed by atoms with Gasteiger partial charge in [0.15, 0.2) is 0 Å². The van der Waals surface area contributed by atoms with Crippen LogP contribution in [0.2, 0.25) is 0 Å². The third-order valence-electron chi connectivity index (χ3n) is 2.71. The predicted molar refractivity (Wildman–Crippen MR) is 70.2 cm³/mol. The summed E-state index contributed by atoms with van der Waals surface area (Å²) >= 11 is 1.56. The second kappa shape index (κ2) is 4.27. The van der Waals surface area contributed by atoms with Gasteiger partial charge in [0.05, 0.1) is 17.4 Å². The van der Waals surface area contributed by atoms with Crippen molar-refractivity contribution in [1.82, 2.24) is 4.57 Å². The molecule has 0 bridgehead atoms. The summed E-state index contributed by atoms with van der Waals surface area (Å²) < 4.78 is 6.20. The van der Waals surface area contributed by atoms with E-state index in [0.717, 1.165) is 4.88 Å². The van der Waals surface area contributed by atoms with Crippen molar-refractivity contribution in [2.75, 3.05) is 0 Å². The zero-order valence-electron chi connectivity index (χ0n) is 9.33. The molecule has 0 amide bonds. The van der Waals surface area contributed by atoms with Crippen molar-refractivity contribution in [3.05, 3.63) is 67.6 Å². The first-order valence-corrected chi connectivity index (χ1v) is 6.29. The van der Waals surface area contributed by atoms with Gasteiger partial charge < -0.3 is 4.42 Å². The van der Waals surface area contributed by atoms with Gasteiger partial charge in [-0.2, -0.15) is 0 Å². The van der Waals surface area contributed by atoms with E-state index in [9.17, 15) is 9.59 Å². The molecule has 0 unspecified atom stereocenters. The molecular weight excluding hydrogens is 250 g/mol. The molecule has 0 N–H and O–H groups in total. The van der Waals surface area contributed by atoms with Crippen molar-refractivity contribution >= 4 is 22.2 Å². The van der Waals surface area contributed by atoms with Gasteiger partial charge in [0.25, 0.3) is 0 Å². The first-order chi connectivity index (χ1) is 8.75. The van der Waals surface area contributed by atoms with Crippen LogP contribution in [0.1, 0.15) is 4.88 Å². The number of hydrogen-bond acceptors (Lipinski definition) is 4. The normalized spacial score (nSPS) is 10.9. The van der Waals surface area contributed by atoms with Crippen LogP contribution in [0.3, 0.4) is 0 Å². The molecule has 0 saturated carbocycles. The standard InChI is InChI=1S/C13H9NO3S/c15-12-10-5-1-2-6-11(10)14(13(16)17-12)8-9-4-3-7-18-9/h1-7H,8H2. The summed E-state index contributed by atoms with van der Waals surface area (Å²) in [4.78, 5) is 24.4. The highest BCUT2D eigenvalue weighted by molar-refractivity contribution is 7.09. The molecule has 0 radical (unpaired) electrons. The van der Waals surface area contributed by atoms with Crippen molar-refractivity contribution in [2.45, 2.75) is 6.54 Å². The Bertz CT molecular complexity index is 799. The van der Waals surface area contributed by atoms with E-state index in [-0.39, 0.29) is 0 Å². The van der Waals surface area contributed by atoms with E-state index in [1.54, 1.807) is 35.6 Å². The van der Waals surface area contributed by atoms with Crippen LogP contribution < -0.4 is 11.4 Å². The van der Waals surface area contributed by atoms with Crippen molar-refractivity contribution in [2.24, 2.45) is 0 Å². The summed E-state index contributed by atoms with van der Waals surface area (Å²) in [5, 5.41) is 2.37. The van der Waals surface area contributed by atoms with Crippen molar-refractivity contribution in [1.29, 1.82) is 0 Å². The molecule has 0 spiro atoms.